The average molecular weight is 214 g/mol. The molecule has 1 rings (SSSR count). The van der Waals surface area contributed by atoms with Crippen LogP contribution >= 0.6 is 0 Å². The number of Topliss-reactive ketones (excluding diaryl/α,β-unsaturated/α-hetero) is 1. The van der Waals surface area contributed by atoms with Crippen molar-refractivity contribution in [1.29, 1.82) is 0 Å². The molecule has 0 aromatic carbocycles. The van der Waals surface area contributed by atoms with E-state index in [0.29, 0.717) is 13.0 Å². The minimum Gasteiger partial charge on any atom is -0.464 e. The third-order valence-electron chi connectivity index (χ3n) is 2.35. The number of hydrogen-bond donors (Lipinski definition) is 0. The van der Waals surface area contributed by atoms with E-state index in [4.69, 9.17) is 9.47 Å². The summed E-state index contributed by atoms with van der Waals surface area (Å²) in [7, 11) is 0. The molecule has 0 radical (unpaired) electrons. The fourth-order valence-electron chi connectivity index (χ4n) is 1.45. The van der Waals surface area contributed by atoms with Crippen LogP contribution in [-0.2, 0) is 19.1 Å². The van der Waals surface area contributed by atoms with Crippen molar-refractivity contribution in [2.24, 2.45) is 0 Å². The first-order chi connectivity index (χ1) is 7.20. The number of rotatable bonds is 7. The summed E-state index contributed by atoms with van der Waals surface area (Å²) in [6.45, 7) is 4.15. The molecule has 1 fully saturated rings. The second kappa shape index (κ2) is 5.85. The maximum Gasteiger partial charge on any atom is 0.338 e. The van der Waals surface area contributed by atoms with Gasteiger partial charge in [-0.15, -0.1) is 0 Å². The van der Waals surface area contributed by atoms with Gasteiger partial charge in [-0.3, -0.25) is 4.79 Å². The summed E-state index contributed by atoms with van der Waals surface area (Å²) in [6, 6.07) is 0. The molecule has 0 aliphatic carbocycles. The van der Waals surface area contributed by atoms with E-state index >= 15 is 0 Å². The number of carbonyl (C=O) groups excluding carboxylic acids is 2. The van der Waals surface area contributed by atoms with Crippen LogP contribution in [0.1, 0.15) is 39.5 Å². The Hall–Kier alpha value is -0.900. The normalized spacial score (nSPS) is 23.6. The van der Waals surface area contributed by atoms with Gasteiger partial charge in [0.05, 0.1) is 6.61 Å². The standard InChI is InChI=1S/C11H18O4/c1-3-5-6-7-8(12)9-10(15-9)11(13)14-4-2/h9-10H,3-7H2,1-2H3. The van der Waals surface area contributed by atoms with Crippen molar-refractivity contribution in [3.63, 3.8) is 0 Å². The van der Waals surface area contributed by atoms with Crippen molar-refractivity contribution in [3.8, 4) is 0 Å². The highest BCUT2D eigenvalue weighted by molar-refractivity contribution is 5.93. The van der Waals surface area contributed by atoms with Crippen LogP contribution < -0.4 is 0 Å². The highest BCUT2D eigenvalue weighted by atomic mass is 16.6. The number of carbonyl (C=O) groups is 2. The van der Waals surface area contributed by atoms with Gasteiger partial charge < -0.3 is 9.47 Å². The number of ketones is 1. The Morgan fingerprint density at radius 3 is 2.53 bits per heavy atom. The molecule has 0 aromatic rings. The number of ether oxygens (including phenoxy) is 2. The van der Waals surface area contributed by atoms with Crippen LogP contribution in [0.4, 0.5) is 0 Å². The van der Waals surface area contributed by atoms with Gasteiger partial charge in [0.25, 0.3) is 0 Å². The third-order valence-corrected chi connectivity index (χ3v) is 2.35. The molecule has 1 heterocycles. The number of esters is 1. The quantitative estimate of drug-likeness (QED) is 0.366. The van der Waals surface area contributed by atoms with Crippen molar-refractivity contribution >= 4 is 11.8 Å². The van der Waals surface area contributed by atoms with Crippen LogP contribution in [0.25, 0.3) is 0 Å². The van der Waals surface area contributed by atoms with E-state index in [1.54, 1.807) is 6.92 Å². The van der Waals surface area contributed by atoms with E-state index in [1.165, 1.54) is 0 Å². The van der Waals surface area contributed by atoms with Crippen molar-refractivity contribution in [1.82, 2.24) is 0 Å². The predicted octanol–water partition coefficient (Wildman–Crippen LogP) is 1.47. The molecule has 15 heavy (non-hydrogen) atoms. The molecule has 1 aliphatic rings. The molecule has 0 bridgehead atoms. The molecule has 1 aliphatic heterocycles. The van der Waals surface area contributed by atoms with E-state index < -0.39 is 18.2 Å². The third kappa shape index (κ3) is 3.63. The Morgan fingerprint density at radius 2 is 1.93 bits per heavy atom. The lowest BCUT2D eigenvalue weighted by Crippen LogP contribution is -2.18. The fraction of sp³-hybridized carbons (Fsp3) is 0.818. The molecule has 0 N–H and O–H groups in total. The molecule has 0 spiro atoms. The van der Waals surface area contributed by atoms with Gasteiger partial charge in [-0.1, -0.05) is 19.8 Å². The Balaban J connectivity index is 2.19. The monoisotopic (exact) mass is 214 g/mol. The average Bonchev–Trinajstić information content (AvgIpc) is 2.98. The first-order valence-corrected chi connectivity index (χ1v) is 5.55. The van der Waals surface area contributed by atoms with Crippen LogP contribution in [0.2, 0.25) is 0 Å². The number of unbranched alkanes of at least 4 members (excludes halogenated alkanes) is 2. The summed E-state index contributed by atoms with van der Waals surface area (Å²) in [6.07, 6.45) is 2.36. The van der Waals surface area contributed by atoms with Crippen molar-refractivity contribution in [3.05, 3.63) is 0 Å². The molecule has 4 heteroatoms. The molecule has 0 aromatic heterocycles. The highest BCUT2D eigenvalue weighted by Gasteiger charge is 2.50. The van der Waals surface area contributed by atoms with Crippen LogP contribution in [0.5, 0.6) is 0 Å². The van der Waals surface area contributed by atoms with E-state index in [-0.39, 0.29) is 5.78 Å². The first kappa shape index (κ1) is 12.2. The highest BCUT2D eigenvalue weighted by Crippen LogP contribution is 2.26. The van der Waals surface area contributed by atoms with Gasteiger partial charge in [-0.05, 0) is 13.3 Å². The summed E-state index contributed by atoms with van der Waals surface area (Å²) in [5.41, 5.74) is 0. The second-order valence-electron chi connectivity index (χ2n) is 3.65. The predicted molar refractivity (Wildman–Crippen MR) is 54.4 cm³/mol. The van der Waals surface area contributed by atoms with Gasteiger partial charge in [-0.25, -0.2) is 4.79 Å². The summed E-state index contributed by atoms with van der Waals surface area (Å²) < 4.78 is 9.76. The second-order valence-corrected chi connectivity index (χ2v) is 3.65. The molecular weight excluding hydrogens is 196 g/mol. The SMILES string of the molecule is CCCCCC(=O)C1OC1C(=O)OCC. The molecule has 0 amide bonds. The maximum absolute atomic E-state index is 11.5. The van der Waals surface area contributed by atoms with E-state index in [1.807, 2.05) is 0 Å². The summed E-state index contributed by atoms with van der Waals surface area (Å²) in [4.78, 5) is 22.6. The number of epoxide rings is 1. The molecule has 86 valence electrons. The zero-order chi connectivity index (χ0) is 11.3. The Bertz CT molecular complexity index is 237. The Labute approximate surface area is 89.9 Å². The zero-order valence-electron chi connectivity index (χ0n) is 9.32. The minimum absolute atomic E-state index is 0.0292. The van der Waals surface area contributed by atoms with Gasteiger partial charge in [0.15, 0.2) is 18.0 Å². The summed E-state index contributed by atoms with van der Waals surface area (Å²) in [5, 5.41) is 0. The van der Waals surface area contributed by atoms with Gasteiger partial charge >= 0.3 is 5.97 Å². The molecule has 2 unspecified atom stereocenters. The minimum atomic E-state index is -0.626. The lowest BCUT2D eigenvalue weighted by Gasteiger charge is -1.97. The summed E-state index contributed by atoms with van der Waals surface area (Å²) in [5.74, 6) is -0.382. The van der Waals surface area contributed by atoms with Crippen LogP contribution in [0.3, 0.4) is 0 Å². The van der Waals surface area contributed by atoms with Gasteiger partial charge in [0.1, 0.15) is 0 Å². The van der Waals surface area contributed by atoms with E-state index in [9.17, 15) is 9.59 Å². The molecular formula is C11H18O4. The maximum atomic E-state index is 11.5. The van der Waals surface area contributed by atoms with Crippen molar-refractivity contribution < 1.29 is 19.1 Å². The van der Waals surface area contributed by atoms with E-state index in [0.717, 1.165) is 19.3 Å². The van der Waals surface area contributed by atoms with Crippen LogP contribution in [-0.4, -0.2) is 30.6 Å². The van der Waals surface area contributed by atoms with Crippen LogP contribution in [0.15, 0.2) is 0 Å². The smallest absolute Gasteiger partial charge is 0.338 e. The van der Waals surface area contributed by atoms with Gasteiger partial charge in [0, 0.05) is 6.42 Å². The van der Waals surface area contributed by atoms with Crippen molar-refractivity contribution in [2.75, 3.05) is 6.61 Å². The van der Waals surface area contributed by atoms with Crippen molar-refractivity contribution in [2.45, 2.75) is 51.7 Å². The number of hydrogen-bond acceptors (Lipinski definition) is 4. The van der Waals surface area contributed by atoms with E-state index in [2.05, 4.69) is 6.92 Å². The fourth-order valence-corrected chi connectivity index (χ4v) is 1.45. The van der Waals surface area contributed by atoms with Gasteiger partial charge in [-0.2, -0.15) is 0 Å². The Kier molecular flexibility index (Phi) is 4.75. The molecule has 0 saturated carbocycles. The van der Waals surface area contributed by atoms with Crippen LogP contribution in [0, 0.1) is 0 Å². The lowest BCUT2D eigenvalue weighted by atomic mass is 10.1. The topological polar surface area (TPSA) is 55.9 Å². The van der Waals surface area contributed by atoms with Gasteiger partial charge in [0.2, 0.25) is 0 Å². The molecule has 4 nitrogen and oxygen atoms in total. The largest absolute Gasteiger partial charge is 0.464 e. The zero-order valence-corrected chi connectivity index (χ0v) is 9.32. The first-order valence-electron chi connectivity index (χ1n) is 5.55. The molecule has 1 saturated heterocycles. The summed E-state index contributed by atoms with van der Waals surface area (Å²) >= 11 is 0. The Morgan fingerprint density at radius 1 is 1.20 bits per heavy atom. The molecule has 2 atom stereocenters. The lowest BCUT2D eigenvalue weighted by molar-refractivity contribution is -0.144.